The molecule has 7 nitrogen and oxygen atoms in total. The van der Waals surface area contributed by atoms with Crippen LogP contribution in [0.2, 0.25) is 0 Å². The van der Waals surface area contributed by atoms with Crippen LogP contribution in [0.25, 0.3) is 0 Å². The molecule has 2 aromatic heterocycles. The van der Waals surface area contributed by atoms with Gasteiger partial charge >= 0.3 is 5.97 Å². The third-order valence-corrected chi connectivity index (χ3v) is 4.11. The topological polar surface area (TPSA) is 90.1 Å². The van der Waals surface area contributed by atoms with Crippen molar-refractivity contribution in [1.82, 2.24) is 5.43 Å². The van der Waals surface area contributed by atoms with E-state index in [9.17, 15) is 9.59 Å². The monoisotopic (exact) mass is 370 g/mol. The fourth-order valence-corrected chi connectivity index (χ4v) is 2.64. The van der Waals surface area contributed by atoms with E-state index in [-0.39, 0.29) is 17.4 Å². The summed E-state index contributed by atoms with van der Waals surface area (Å²) >= 11 is 1.33. The molecule has 26 heavy (non-hydrogen) atoms. The van der Waals surface area contributed by atoms with Gasteiger partial charge in [0.05, 0.1) is 24.5 Å². The van der Waals surface area contributed by atoms with Gasteiger partial charge in [0, 0.05) is 0 Å². The number of hydrogen-bond acceptors (Lipinski definition) is 7. The van der Waals surface area contributed by atoms with E-state index in [4.69, 9.17) is 13.9 Å². The van der Waals surface area contributed by atoms with Crippen LogP contribution < -0.4 is 14.9 Å². The summed E-state index contributed by atoms with van der Waals surface area (Å²) in [5, 5.41) is 5.72. The lowest BCUT2D eigenvalue weighted by Gasteiger charge is -2.08. The van der Waals surface area contributed by atoms with Crippen LogP contribution in [0, 0.1) is 0 Å². The van der Waals surface area contributed by atoms with Crippen molar-refractivity contribution in [3.05, 3.63) is 70.3 Å². The van der Waals surface area contributed by atoms with Crippen molar-refractivity contribution in [2.75, 3.05) is 7.11 Å². The Morgan fingerprint density at radius 2 is 2.08 bits per heavy atom. The molecule has 0 atom stereocenters. The second-order valence-electron chi connectivity index (χ2n) is 4.95. The van der Waals surface area contributed by atoms with Crippen LogP contribution in [-0.4, -0.2) is 25.2 Å². The molecule has 0 radical (unpaired) electrons. The number of furan rings is 1. The van der Waals surface area contributed by atoms with Crippen LogP contribution in [0.1, 0.15) is 25.8 Å². The van der Waals surface area contributed by atoms with E-state index in [1.165, 1.54) is 37.0 Å². The molecule has 132 valence electrons. The number of carbonyl (C=O) groups excluding carboxylic acids is 2. The van der Waals surface area contributed by atoms with E-state index in [1.54, 1.807) is 36.4 Å². The Balaban J connectivity index is 1.67. The average molecular weight is 370 g/mol. The Morgan fingerprint density at radius 3 is 2.77 bits per heavy atom. The molecule has 0 aliphatic carbocycles. The predicted molar refractivity (Wildman–Crippen MR) is 96.0 cm³/mol. The van der Waals surface area contributed by atoms with Crippen LogP contribution in [0.15, 0.2) is 63.6 Å². The molecular weight excluding hydrogens is 356 g/mol. The number of methoxy groups -OCH3 is 1. The van der Waals surface area contributed by atoms with Gasteiger partial charge in [-0.3, -0.25) is 4.79 Å². The zero-order valence-electron chi connectivity index (χ0n) is 13.7. The number of esters is 1. The molecule has 8 heteroatoms. The molecular formula is C18H14N2O5S. The molecule has 1 amide bonds. The summed E-state index contributed by atoms with van der Waals surface area (Å²) in [5.74, 6) is -0.230. The molecule has 0 spiro atoms. The number of thiophene rings is 1. The van der Waals surface area contributed by atoms with Crippen LogP contribution in [-0.2, 0) is 0 Å². The molecule has 3 aromatic rings. The Labute approximate surface area is 152 Å². The van der Waals surface area contributed by atoms with Gasteiger partial charge in [-0.25, -0.2) is 10.2 Å². The van der Waals surface area contributed by atoms with Crippen LogP contribution in [0.5, 0.6) is 11.5 Å². The predicted octanol–water partition coefficient (Wildman–Crippen LogP) is 3.33. The Bertz CT molecular complexity index is 917. The number of nitrogens with zero attached hydrogens (tertiary/aromatic N) is 1. The minimum atomic E-state index is -0.627. The molecule has 3 rings (SSSR count). The lowest BCUT2D eigenvalue weighted by atomic mass is 10.2. The number of amides is 1. The van der Waals surface area contributed by atoms with E-state index in [0.29, 0.717) is 16.2 Å². The van der Waals surface area contributed by atoms with Crippen molar-refractivity contribution in [3.8, 4) is 11.5 Å². The minimum absolute atomic E-state index is 0.0916. The van der Waals surface area contributed by atoms with Gasteiger partial charge in [0.1, 0.15) is 0 Å². The van der Waals surface area contributed by atoms with Gasteiger partial charge in [-0.15, -0.1) is 11.3 Å². The lowest BCUT2D eigenvalue weighted by molar-refractivity contribution is 0.0696. The smallest absolute Gasteiger partial charge is 0.379 e. The summed E-state index contributed by atoms with van der Waals surface area (Å²) in [7, 11) is 1.46. The SMILES string of the molecule is COc1cc(/C=N/NC(=O)c2cccs2)ccc1OC(=O)c1ccco1. The lowest BCUT2D eigenvalue weighted by Crippen LogP contribution is -2.16. The van der Waals surface area contributed by atoms with Crippen LogP contribution in [0.3, 0.4) is 0 Å². The first kappa shape index (κ1) is 17.4. The average Bonchev–Trinajstić information content (AvgIpc) is 3.36. The van der Waals surface area contributed by atoms with Crippen molar-refractivity contribution in [2.45, 2.75) is 0 Å². The number of nitrogens with one attached hydrogen (secondary N) is 1. The summed E-state index contributed by atoms with van der Waals surface area (Å²) in [6.07, 6.45) is 2.85. The summed E-state index contributed by atoms with van der Waals surface area (Å²) in [6.45, 7) is 0. The quantitative estimate of drug-likeness (QED) is 0.311. The van der Waals surface area contributed by atoms with E-state index in [2.05, 4.69) is 10.5 Å². The molecule has 1 aromatic carbocycles. The van der Waals surface area contributed by atoms with Gasteiger partial charge in [-0.05, 0) is 47.3 Å². The molecule has 0 saturated carbocycles. The highest BCUT2D eigenvalue weighted by atomic mass is 32.1. The zero-order valence-corrected chi connectivity index (χ0v) is 14.5. The largest absolute Gasteiger partial charge is 0.493 e. The molecule has 0 bridgehead atoms. The van der Waals surface area contributed by atoms with Crippen molar-refractivity contribution in [1.29, 1.82) is 0 Å². The molecule has 0 aliphatic heterocycles. The maximum absolute atomic E-state index is 11.9. The van der Waals surface area contributed by atoms with E-state index >= 15 is 0 Å². The Hall–Kier alpha value is -3.39. The van der Waals surface area contributed by atoms with Gasteiger partial charge < -0.3 is 13.9 Å². The maximum Gasteiger partial charge on any atom is 0.379 e. The minimum Gasteiger partial charge on any atom is -0.493 e. The molecule has 0 unspecified atom stereocenters. The highest BCUT2D eigenvalue weighted by Crippen LogP contribution is 2.28. The van der Waals surface area contributed by atoms with E-state index < -0.39 is 5.97 Å². The maximum atomic E-state index is 11.9. The summed E-state index contributed by atoms with van der Waals surface area (Å²) in [6, 6.07) is 11.5. The van der Waals surface area contributed by atoms with Gasteiger partial charge in [-0.2, -0.15) is 5.10 Å². The van der Waals surface area contributed by atoms with Crippen molar-refractivity contribution in [2.24, 2.45) is 5.10 Å². The third kappa shape index (κ3) is 4.17. The van der Waals surface area contributed by atoms with Crippen LogP contribution >= 0.6 is 11.3 Å². The van der Waals surface area contributed by atoms with Gasteiger partial charge in [-0.1, -0.05) is 6.07 Å². The first-order valence-corrected chi connectivity index (χ1v) is 8.36. The second-order valence-corrected chi connectivity index (χ2v) is 5.90. The Kier molecular flexibility index (Phi) is 5.45. The summed E-state index contributed by atoms with van der Waals surface area (Å²) in [4.78, 5) is 24.3. The highest BCUT2D eigenvalue weighted by molar-refractivity contribution is 7.12. The van der Waals surface area contributed by atoms with Gasteiger partial charge in [0.15, 0.2) is 11.5 Å². The number of rotatable bonds is 6. The van der Waals surface area contributed by atoms with E-state index in [0.717, 1.165) is 0 Å². The molecule has 0 saturated heterocycles. The van der Waals surface area contributed by atoms with Gasteiger partial charge in [0.25, 0.3) is 5.91 Å². The zero-order chi connectivity index (χ0) is 18.4. The van der Waals surface area contributed by atoms with Crippen molar-refractivity contribution in [3.63, 3.8) is 0 Å². The fourth-order valence-electron chi connectivity index (χ4n) is 2.02. The molecule has 0 fully saturated rings. The Morgan fingerprint density at radius 1 is 1.19 bits per heavy atom. The first-order valence-electron chi connectivity index (χ1n) is 7.48. The molecule has 0 aliphatic rings. The van der Waals surface area contributed by atoms with Gasteiger partial charge in [0.2, 0.25) is 5.76 Å². The van der Waals surface area contributed by atoms with Crippen molar-refractivity contribution >= 4 is 29.4 Å². The number of carbonyl (C=O) groups is 2. The van der Waals surface area contributed by atoms with Crippen LogP contribution in [0.4, 0.5) is 0 Å². The van der Waals surface area contributed by atoms with E-state index in [1.807, 2.05) is 5.38 Å². The fraction of sp³-hybridized carbons (Fsp3) is 0.0556. The summed E-state index contributed by atoms with van der Waals surface area (Å²) in [5.41, 5.74) is 3.10. The highest BCUT2D eigenvalue weighted by Gasteiger charge is 2.14. The van der Waals surface area contributed by atoms with Crippen molar-refractivity contribution < 1.29 is 23.5 Å². The normalized spacial score (nSPS) is 10.7. The molecule has 2 heterocycles. The second kappa shape index (κ2) is 8.13. The molecule has 1 N–H and O–H groups in total. The third-order valence-electron chi connectivity index (χ3n) is 3.24. The first-order chi connectivity index (χ1) is 12.7. The number of benzene rings is 1. The number of hydrogen-bond donors (Lipinski definition) is 1. The number of ether oxygens (including phenoxy) is 2. The number of hydrazone groups is 1. The standard InChI is InChI=1S/C18H14N2O5S/c1-23-15-10-12(11-19-20-17(21)16-5-3-9-26-16)6-7-13(15)25-18(22)14-4-2-8-24-14/h2-11H,1H3,(H,20,21)/b19-11+. The summed E-state index contributed by atoms with van der Waals surface area (Å²) < 4.78 is 15.5.